The number of esters is 1. The Balaban J connectivity index is 2.30. The lowest BCUT2D eigenvalue weighted by Gasteiger charge is -2.17. The van der Waals surface area contributed by atoms with Crippen molar-refractivity contribution in [3.05, 3.63) is 73.9 Å². The van der Waals surface area contributed by atoms with Crippen LogP contribution < -0.4 is 16.9 Å². The van der Waals surface area contributed by atoms with Crippen LogP contribution in [0, 0.1) is 0 Å². The summed E-state index contributed by atoms with van der Waals surface area (Å²) < 4.78 is 4.58. The van der Waals surface area contributed by atoms with Crippen molar-refractivity contribution in [2.75, 3.05) is 7.11 Å². The number of pyridine rings is 2. The zero-order valence-electron chi connectivity index (χ0n) is 14.8. The van der Waals surface area contributed by atoms with Crippen LogP contribution in [0.1, 0.15) is 33.8 Å². The fraction of sp³-hybridized carbons (Fsp3) is 0.158. The van der Waals surface area contributed by atoms with Crippen LogP contribution in [0.15, 0.2) is 46.1 Å². The summed E-state index contributed by atoms with van der Waals surface area (Å²) in [6.07, 6.45) is 0.571. The number of amides is 1. The van der Waals surface area contributed by atoms with Crippen LogP contribution in [0.25, 0.3) is 10.9 Å². The van der Waals surface area contributed by atoms with Gasteiger partial charge in [0, 0.05) is 29.6 Å². The van der Waals surface area contributed by atoms with Gasteiger partial charge in [-0.3, -0.25) is 14.4 Å². The number of hydrogen-bond acceptors (Lipinski definition) is 6. The van der Waals surface area contributed by atoms with E-state index < -0.39 is 41.1 Å². The molecule has 0 saturated carbocycles. The van der Waals surface area contributed by atoms with Gasteiger partial charge in [-0.15, -0.1) is 0 Å². The number of aromatic nitrogens is 2. The number of H-pyrrole nitrogens is 2. The second-order valence-corrected chi connectivity index (χ2v) is 6.15. The van der Waals surface area contributed by atoms with E-state index in [1.54, 1.807) is 24.3 Å². The average molecular weight is 383 g/mol. The quantitative estimate of drug-likeness (QED) is 0.476. The third kappa shape index (κ3) is 3.37. The van der Waals surface area contributed by atoms with Crippen molar-refractivity contribution < 1.29 is 19.4 Å². The first-order chi connectivity index (χ1) is 13.3. The fourth-order valence-electron chi connectivity index (χ4n) is 3.12. The molecule has 3 rings (SSSR count). The Morgan fingerprint density at radius 2 is 1.93 bits per heavy atom. The largest absolute Gasteiger partial charge is 0.506 e. The van der Waals surface area contributed by atoms with Crippen LogP contribution in [-0.2, 0) is 9.53 Å². The van der Waals surface area contributed by atoms with Crippen molar-refractivity contribution in [1.82, 2.24) is 9.97 Å². The standard InChI is InChI=1S/C19H17N3O6/c1-28-19(27)12-8-21-18(26)15(16(12)24)10(7-14(20)23)11-6-9-4-2-3-5-13(9)22-17(11)25/h2-6,8,10H,7H2,1H3,(H2,20,23)(H,22,25)(H2,21,24,26)/t10-/m1/s1. The van der Waals surface area contributed by atoms with Crippen LogP contribution in [0.5, 0.6) is 5.75 Å². The molecule has 144 valence electrons. The van der Waals surface area contributed by atoms with Crippen molar-refractivity contribution in [2.24, 2.45) is 5.73 Å². The minimum absolute atomic E-state index is 0.0558. The molecule has 1 aromatic carbocycles. The summed E-state index contributed by atoms with van der Waals surface area (Å²) >= 11 is 0. The monoisotopic (exact) mass is 383 g/mol. The minimum Gasteiger partial charge on any atom is -0.506 e. The highest BCUT2D eigenvalue weighted by Crippen LogP contribution is 2.32. The highest BCUT2D eigenvalue weighted by atomic mass is 16.5. The predicted octanol–water partition coefficient (Wildman–Crippen LogP) is 0.716. The number of nitrogens with two attached hydrogens (primary N) is 1. The Morgan fingerprint density at radius 1 is 1.21 bits per heavy atom. The first kappa shape index (κ1) is 18.9. The van der Waals surface area contributed by atoms with Crippen LogP contribution in [-0.4, -0.2) is 34.1 Å². The average Bonchev–Trinajstić information content (AvgIpc) is 2.66. The van der Waals surface area contributed by atoms with Gasteiger partial charge in [-0.1, -0.05) is 18.2 Å². The molecule has 28 heavy (non-hydrogen) atoms. The van der Waals surface area contributed by atoms with E-state index in [1.165, 1.54) is 6.07 Å². The Labute approximate surface area is 157 Å². The first-order valence-corrected chi connectivity index (χ1v) is 8.26. The number of benzene rings is 1. The second-order valence-electron chi connectivity index (χ2n) is 6.15. The summed E-state index contributed by atoms with van der Waals surface area (Å²) in [5.41, 5.74) is 4.01. The van der Waals surface area contributed by atoms with E-state index in [2.05, 4.69) is 14.7 Å². The Bertz CT molecular complexity index is 1190. The number of ether oxygens (including phenoxy) is 1. The minimum atomic E-state index is -1.17. The number of methoxy groups -OCH3 is 1. The molecule has 3 aromatic rings. The van der Waals surface area contributed by atoms with Crippen molar-refractivity contribution in [2.45, 2.75) is 12.3 Å². The zero-order chi connectivity index (χ0) is 20.4. The van der Waals surface area contributed by atoms with Crippen molar-refractivity contribution in [3.63, 3.8) is 0 Å². The van der Waals surface area contributed by atoms with Gasteiger partial charge in [-0.2, -0.15) is 0 Å². The molecule has 2 heterocycles. The third-order valence-corrected chi connectivity index (χ3v) is 4.42. The van der Waals surface area contributed by atoms with Gasteiger partial charge < -0.3 is 25.5 Å². The number of hydrogen-bond donors (Lipinski definition) is 4. The summed E-state index contributed by atoms with van der Waals surface area (Å²) in [4.78, 5) is 53.6. The predicted molar refractivity (Wildman–Crippen MR) is 100 cm³/mol. The van der Waals surface area contributed by atoms with Crippen LogP contribution in [0.4, 0.5) is 0 Å². The van der Waals surface area contributed by atoms with E-state index in [4.69, 9.17) is 5.73 Å². The zero-order valence-corrected chi connectivity index (χ0v) is 14.8. The number of aromatic amines is 2. The molecule has 0 radical (unpaired) electrons. The van der Waals surface area contributed by atoms with Gasteiger partial charge in [0.2, 0.25) is 5.91 Å². The summed E-state index contributed by atoms with van der Waals surface area (Å²) in [6, 6.07) is 8.47. The van der Waals surface area contributed by atoms with Gasteiger partial charge in [0.05, 0.1) is 12.7 Å². The number of para-hydroxylation sites is 1. The maximum absolute atomic E-state index is 12.6. The van der Waals surface area contributed by atoms with E-state index in [0.29, 0.717) is 10.9 Å². The topological polar surface area (TPSA) is 155 Å². The molecular weight excluding hydrogens is 366 g/mol. The number of rotatable bonds is 5. The van der Waals surface area contributed by atoms with Crippen LogP contribution >= 0.6 is 0 Å². The number of fused-ring (bicyclic) bond motifs is 1. The summed E-state index contributed by atoms with van der Waals surface area (Å²) in [6.45, 7) is 0. The fourth-order valence-corrected chi connectivity index (χ4v) is 3.12. The molecule has 1 atom stereocenters. The van der Waals surface area contributed by atoms with Crippen molar-refractivity contribution >= 4 is 22.8 Å². The maximum atomic E-state index is 12.6. The first-order valence-electron chi connectivity index (χ1n) is 8.26. The van der Waals surface area contributed by atoms with Gasteiger partial charge in [-0.05, 0) is 17.5 Å². The van der Waals surface area contributed by atoms with E-state index in [9.17, 15) is 24.3 Å². The number of nitrogens with one attached hydrogen (secondary N) is 2. The molecule has 0 bridgehead atoms. The highest BCUT2D eigenvalue weighted by molar-refractivity contribution is 5.92. The molecular formula is C19H17N3O6. The molecule has 0 aliphatic carbocycles. The molecule has 0 unspecified atom stereocenters. The van der Waals surface area contributed by atoms with Gasteiger partial charge in [-0.25, -0.2) is 4.79 Å². The molecule has 0 spiro atoms. The SMILES string of the molecule is COC(=O)c1c[nH]c(=O)c([C@H](CC(N)=O)c2cc3ccccc3[nH]c2=O)c1O. The van der Waals surface area contributed by atoms with Gasteiger partial charge >= 0.3 is 5.97 Å². The molecule has 1 amide bonds. The van der Waals surface area contributed by atoms with Crippen LogP contribution in [0.3, 0.4) is 0 Å². The highest BCUT2D eigenvalue weighted by Gasteiger charge is 2.29. The van der Waals surface area contributed by atoms with Gasteiger partial charge in [0.15, 0.2) is 0 Å². The smallest absolute Gasteiger partial charge is 0.343 e. The molecule has 0 aliphatic rings. The van der Waals surface area contributed by atoms with Crippen molar-refractivity contribution in [1.29, 1.82) is 0 Å². The lowest BCUT2D eigenvalue weighted by Crippen LogP contribution is -2.27. The lowest BCUT2D eigenvalue weighted by atomic mass is 9.87. The number of carbonyl (C=O) groups is 2. The molecule has 5 N–H and O–H groups in total. The van der Waals surface area contributed by atoms with Crippen LogP contribution in [0.2, 0.25) is 0 Å². The number of primary amides is 1. The normalized spacial score (nSPS) is 11.9. The molecule has 9 nitrogen and oxygen atoms in total. The summed E-state index contributed by atoms with van der Waals surface area (Å²) in [5, 5.41) is 11.2. The molecule has 9 heteroatoms. The summed E-state index contributed by atoms with van der Waals surface area (Å²) in [5.74, 6) is -3.52. The van der Waals surface area contributed by atoms with E-state index >= 15 is 0 Å². The molecule has 0 aliphatic heterocycles. The lowest BCUT2D eigenvalue weighted by molar-refractivity contribution is -0.118. The van der Waals surface area contributed by atoms with Gasteiger partial charge in [0.25, 0.3) is 11.1 Å². The molecule has 0 fully saturated rings. The Morgan fingerprint density at radius 3 is 2.61 bits per heavy atom. The van der Waals surface area contributed by atoms with E-state index in [1.807, 2.05) is 0 Å². The second kappa shape index (κ2) is 7.39. The van der Waals surface area contributed by atoms with Gasteiger partial charge in [0.1, 0.15) is 11.3 Å². The maximum Gasteiger partial charge on any atom is 0.343 e. The number of carbonyl (C=O) groups excluding carboxylic acids is 2. The summed E-state index contributed by atoms with van der Waals surface area (Å²) in [7, 11) is 1.11. The van der Waals surface area contributed by atoms with E-state index in [0.717, 1.165) is 13.3 Å². The number of aromatic hydroxyl groups is 1. The Kier molecular flexibility index (Phi) is 4.99. The molecule has 0 saturated heterocycles. The molecule has 2 aromatic heterocycles. The van der Waals surface area contributed by atoms with Crippen molar-refractivity contribution in [3.8, 4) is 5.75 Å². The Hall–Kier alpha value is -3.88. The van der Waals surface area contributed by atoms with E-state index in [-0.39, 0.29) is 16.7 Å². The third-order valence-electron chi connectivity index (χ3n) is 4.42.